The van der Waals surface area contributed by atoms with E-state index in [1.807, 2.05) is 0 Å². The SMILES string of the molecule is O=[N+]([O-])c1ccc2c(Cl)nn(CC3CCCO3)c2c1. The Balaban J connectivity index is 2.02. The molecule has 100 valence electrons. The molecule has 2 aromatic rings. The van der Waals surface area contributed by atoms with Gasteiger partial charge in [0.15, 0.2) is 5.15 Å². The van der Waals surface area contributed by atoms with Gasteiger partial charge in [-0.05, 0) is 18.9 Å². The minimum Gasteiger partial charge on any atom is -0.376 e. The molecule has 0 spiro atoms. The van der Waals surface area contributed by atoms with E-state index in [1.54, 1.807) is 10.7 Å². The number of ether oxygens (including phenoxy) is 1. The first-order valence-electron chi connectivity index (χ1n) is 6.07. The molecule has 6 nitrogen and oxygen atoms in total. The van der Waals surface area contributed by atoms with Gasteiger partial charge in [0.1, 0.15) is 0 Å². The van der Waals surface area contributed by atoms with Crippen LogP contribution in [-0.2, 0) is 11.3 Å². The van der Waals surface area contributed by atoms with E-state index in [2.05, 4.69) is 5.10 Å². The molecule has 0 saturated carbocycles. The van der Waals surface area contributed by atoms with Crippen LogP contribution in [0.2, 0.25) is 5.15 Å². The number of nitro groups is 1. The number of halogens is 1. The number of aromatic nitrogens is 2. The van der Waals surface area contributed by atoms with Crippen LogP contribution < -0.4 is 0 Å². The number of nitro benzene ring substituents is 1. The van der Waals surface area contributed by atoms with Crippen LogP contribution in [0.1, 0.15) is 12.8 Å². The van der Waals surface area contributed by atoms with Crippen LogP contribution in [0.3, 0.4) is 0 Å². The quantitative estimate of drug-likeness (QED) is 0.641. The van der Waals surface area contributed by atoms with E-state index in [4.69, 9.17) is 16.3 Å². The largest absolute Gasteiger partial charge is 0.376 e. The molecule has 1 atom stereocenters. The third-order valence-corrected chi connectivity index (χ3v) is 3.58. The van der Waals surface area contributed by atoms with Crippen LogP contribution in [0.5, 0.6) is 0 Å². The van der Waals surface area contributed by atoms with E-state index in [0.717, 1.165) is 24.8 Å². The second kappa shape index (κ2) is 4.79. The van der Waals surface area contributed by atoms with Gasteiger partial charge in [-0.25, -0.2) is 0 Å². The number of rotatable bonds is 3. The lowest BCUT2D eigenvalue weighted by molar-refractivity contribution is -0.384. The van der Waals surface area contributed by atoms with Crippen molar-refractivity contribution in [3.63, 3.8) is 0 Å². The molecule has 3 rings (SSSR count). The minimum atomic E-state index is -0.420. The molecule has 1 aromatic heterocycles. The summed E-state index contributed by atoms with van der Waals surface area (Å²) < 4.78 is 7.25. The Morgan fingerprint density at radius 2 is 2.42 bits per heavy atom. The van der Waals surface area contributed by atoms with Crippen molar-refractivity contribution in [2.24, 2.45) is 0 Å². The predicted octanol–water partition coefficient (Wildman–Crippen LogP) is 2.78. The van der Waals surface area contributed by atoms with Crippen molar-refractivity contribution < 1.29 is 9.66 Å². The lowest BCUT2D eigenvalue weighted by atomic mass is 10.2. The maximum absolute atomic E-state index is 10.8. The Bertz CT molecular complexity index is 634. The highest BCUT2D eigenvalue weighted by molar-refractivity contribution is 6.34. The molecule has 0 amide bonds. The van der Waals surface area contributed by atoms with Gasteiger partial charge in [-0.1, -0.05) is 11.6 Å². The smallest absolute Gasteiger partial charge is 0.271 e. The lowest BCUT2D eigenvalue weighted by Gasteiger charge is -2.09. The average molecular weight is 282 g/mol. The summed E-state index contributed by atoms with van der Waals surface area (Å²) in [6, 6.07) is 4.57. The molecule has 1 fully saturated rings. The Morgan fingerprint density at radius 1 is 1.58 bits per heavy atom. The predicted molar refractivity (Wildman–Crippen MR) is 70.4 cm³/mol. The zero-order valence-electron chi connectivity index (χ0n) is 10.1. The molecule has 0 N–H and O–H groups in total. The van der Waals surface area contributed by atoms with Gasteiger partial charge >= 0.3 is 0 Å². The molecule has 19 heavy (non-hydrogen) atoms. The van der Waals surface area contributed by atoms with Gasteiger partial charge in [-0.3, -0.25) is 14.8 Å². The van der Waals surface area contributed by atoms with Crippen molar-refractivity contribution in [2.45, 2.75) is 25.5 Å². The summed E-state index contributed by atoms with van der Waals surface area (Å²) >= 11 is 6.05. The number of hydrogen-bond donors (Lipinski definition) is 0. The van der Waals surface area contributed by atoms with E-state index in [9.17, 15) is 10.1 Å². The Hall–Kier alpha value is -1.66. The fourth-order valence-corrected chi connectivity index (χ4v) is 2.61. The molecular weight excluding hydrogens is 270 g/mol. The summed E-state index contributed by atoms with van der Waals surface area (Å²) in [7, 11) is 0. The van der Waals surface area contributed by atoms with Gasteiger partial charge in [-0.2, -0.15) is 5.10 Å². The maximum Gasteiger partial charge on any atom is 0.271 e. The molecule has 0 aliphatic carbocycles. The number of benzene rings is 1. The standard InChI is InChI=1S/C12H12ClN3O3/c13-12-10-4-3-8(16(17)18)6-11(10)15(14-12)7-9-2-1-5-19-9/h3-4,6,9H,1-2,5,7H2. The van der Waals surface area contributed by atoms with E-state index in [1.165, 1.54) is 12.1 Å². The first-order chi connectivity index (χ1) is 9.15. The zero-order valence-corrected chi connectivity index (χ0v) is 10.8. The maximum atomic E-state index is 10.8. The zero-order chi connectivity index (χ0) is 13.4. The van der Waals surface area contributed by atoms with Gasteiger partial charge < -0.3 is 4.74 Å². The van der Waals surface area contributed by atoms with E-state index < -0.39 is 4.92 Å². The van der Waals surface area contributed by atoms with Crippen molar-refractivity contribution in [3.05, 3.63) is 33.5 Å². The first kappa shape index (κ1) is 12.4. The second-order valence-electron chi connectivity index (χ2n) is 4.57. The molecule has 1 saturated heterocycles. The van der Waals surface area contributed by atoms with Gasteiger partial charge in [0.05, 0.1) is 23.1 Å². The van der Waals surface area contributed by atoms with Crippen LogP contribution in [0.4, 0.5) is 5.69 Å². The first-order valence-corrected chi connectivity index (χ1v) is 6.45. The van der Waals surface area contributed by atoms with E-state index in [-0.39, 0.29) is 11.8 Å². The Morgan fingerprint density at radius 3 is 3.11 bits per heavy atom. The van der Waals surface area contributed by atoms with Crippen LogP contribution in [0, 0.1) is 10.1 Å². The van der Waals surface area contributed by atoms with Gasteiger partial charge in [0.2, 0.25) is 0 Å². The number of hydrogen-bond acceptors (Lipinski definition) is 4. The summed E-state index contributed by atoms with van der Waals surface area (Å²) in [5.74, 6) is 0. The molecular formula is C12H12ClN3O3. The number of nitrogens with zero attached hydrogens (tertiary/aromatic N) is 3. The summed E-state index contributed by atoms with van der Waals surface area (Å²) in [4.78, 5) is 10.4. The summed E-state index contributed by atoms with van der Waals surface area (Å²) in [6.07, 6.45) is 2.13. The van der Waals surface area contributed by atoms with Crippen LogP contribution in [0.15, 0.2) is 18.2 Å². The Labute approximate surface area is 114 Å². The third kappa shape index (κ3) is 2.29. The van der Waals surface area contributed by atoms with Crippen LogP contribution >= 0.6 is 11.6 Å². The topological polar surface area (TPSA) is 70.2 Å². The van der Waals surface area contributed by atoms with Crippen LogP contribution in [-0.4, -0.2) is 27.4 Å². The van der Waals surface area contributed by atoms with Crippen molar-refractivity contribution >= 4 is 28.2 Å². The normalized spacial score (nSPS) is 19.1. The highest BCUT2D eigenvalue weighted by atomic mass is 35.5. The summed E-state index contributed by atoms with van der Waals surface area (Å²) in [5, 5.41) is 16.1. The third-order valence-electron chi connectivity index (χ3n) is 3.30. The molecule has 7 heteroatoms. The second-order valence-corrected chi connectivity index (χ2v) is 4.92. The number of fused-ring (bicyclic) bond motifs is 1. The molecule has 0 radical (unpaired) electrons. The fraction of sp³-hybridized carbons (Fsp3) is 0.417. The highest BCUT2D eigenvalue weighted by Gasteiger charge is 2.20. The van der Waals surface area contributed by atoms with E-state index >= 15 is 0 Å². The van der Waals surface area contributed by atoms with Crippen LogP contribution in [0.25, 0.3) is 10.9 Å². The van der Waals surface area contributed by atoms with E-state index in [0.29, 0.717) is 17.2 Å². The lowest BCUT2D eigenvalue weighted by Crippen LogP contribution is -2.15. The molecule has 1 unspecified atom stereocenters. The average Bonchev–Trinajstić information content (AvgIpc) is 2.99. The summed E-state index contributed by atoms with van der Waals surface area (Å²) in [5.41, 5.74) is 0.715. The molecule has 1 aromatic carbocycles. The summed E-state index contributed by atoms with van der Waals surface area (Å²) in [6.45, 7) is 1.34. The van der Waals surface area contributed by atoms with Crippen molar-refractivity contribution in [2.75, 3.05) is 6.61 Å². The molecule has 1 aliphatic rings. The Kier molecular flexibility index (Phi) is 3.12. The van der Waals surface area contributed by atoms with Gasteiger partial charge in [-0.15, -0.1) is 0 Å². The fourth-order valence-electron chi connectivity index (χ4n) is 2.36. The molecule has 1 aliphatic heterocycles. The van der Waals surface area contributed by atoms with Gasteiger partial charge in [0.25, 0.3) is 5.69 Å². The van der Waals surface area contributed by atoms with Crippen molar-refractivity contribution in [1.82, 2.24) is 9.78 Å². The highest BCUT2D eigenvalue weighted by Crippen LogP contribution is 2.27. The molecule has 0 bridgehead atoms. The van der Waals surface area contributed by atoms with Crippen molar-refractivity contribution in [1.29, 1.82) is 0 Å². The number of non-ortho nitro benzene ring substituents is 1. The monoisotopic (exact) mass is 281 g/mol. The molecule has 2 heterocycles. The van der Waals surface area contributed by atoms with Crippen molar-refractivity contribution in [3.8, 4) is 0 Å². The van der Waals surface area contributed by atoms with Gasteiger partial charge in [0, 0.05) is 24.1 Å². The minimum absolute atomic E-state index is 0.0395.